The Morgan fingerprint density at radius 1 is 1.19 bits per heavy atom. The SMILES string of the molecule is OCC1CCCC(c2ccc(O)cc2O)C1. The summed E-state index contributed by atoms with van der Waals surface area (Å²) in [5.41, 5.74) is 0.899. The Labute approximate surface area is 95.4 Å². The molecule has 3 heteroatoms. The zero-order chi connectivity index (χ0) is 11.5. The zero-order valence-corrected chi connectivity index (χ0v) is 9.26. The molecule has 3 N–H and O–H groups in total. The molecule has 1 saturated carbocycles. The van der Waals surface area contributed by atoms with E-state index in [2.05, 4.69) is 0 Å². The quantitative estimate of drug-likeness (QED) is 0.720. The monoisotopic (exact) mass is 222 g/mol. The number of phenolic OH excluding ortho intramolecular Hbond substituents is 2. The van der Waals surface area contributed by atoms with Crippen LogP contribution in [0.4, 0.5) is 0 Å². The molecule has 0 amide bonds. The van der Waals surface area contributed by atoms with Crippen molar-refractivity contribution in [3.63, 3.8) is 0 Å². The van der Waals surface area contributed by atoms with Gasteiger partial charge < -0.3 is 15.3 Å². The van der Waals surface area contributed by atoms with Crippen LogP contribution in [0.15, 0.2) is 18.2 Å². The number of hydrogen-bond acceptors (Lipinski definition) is 3. The van der Waals surface area contributed by atoms with Crippen molar-refractivity contribution in [2.75, 3.05) is 6.61 Å². The average molecular weight is 222 g/mol. The molecule has 0 aliphatic heterocycles. The maximum atomic E-state index is 9.78. The number of benzene rings is 1. The molecule has 1 aromatic rings. The molecule has 1 aliphatic rings. The first-order valence-electron chi connectivity index (χ1n) is 5.83. The van der Waals surface area contributed by atoms with Gasteiger partial charge in [-0.15, -0.1) is 0 Å². The zero-order valence-electron chi connectivity index (χ0n) is 9.26. The van der Waals surface area contributed by atoms with Crippen molar-refractivity contribution in [2.24, 2.45) is 5.92 Å². The van der Waals surface area contributed by atoms with Crippen LogP contribution in [-0.4, -0.2) is 21.9 Å². The highest BCUT2D eigenvalue weighted by molar-refractivity contribution is 5.41. The fraction of sp³-hybridized carbons (Fsp3) is 0.538. The third-order valence-corrected chi connectivity index (χ3v) is 3.49. The molecule has 2 unspecified atom stereocenters. The lowest BCUT2D eigenvalue weighted by molar-refractivity contribution is 0.179. The number of rotatable bonds is 2. The molecule has 1 fully saturated rings. The van der Waals surface area contributed by atoms with E-state index in [0.717, 1.165) is 31.2 Å². The van der Waals surface area contributed by atoms with Crippen molar-refractivity contribution in [1.82, 2.24) is 0 Å². The summed E-state index contributed by atoms with van der Waals surface area (Å²) in [5, 5.41) is 28.2. The fourth-order valence-electron chi connectivity index (χ4n) is 2.62. The van der Waals surface area contributed by atoms with Gasteiger partial charge in [0.15, 0.2) is 0 Å². The average Bonchev–Trinajstić information content (AvgIpc) is 2.29. The Morgan fingerprint density at radius 2 is 2.00 bits per heavy atom. The second kappa shape index (κ2) is 4.74. The lowest BCUT2D eigenvalue weighted by Gasteiger charge is -2.28. The van der Waals surface area contributed by atoms with Crippen LogP contribution in [0.1, 0.15) is 37.2 Å². The molecule has 88 valence electrons. The van der Waals surface area contributed by atoms with E-state index in [1.54, 1.807) is 12.1 Å². The van der Waals surface area contributed by atoms with E-state index in [-0.39, 0.29) is 18.1 Å². The first-order chi connectivity index (χ1) is 7.70. The Morgan fingerprint density at radius 3 is 2.69 bits per heavy atom. The summed E-state index contributed by atoms with van der Waals surface area (Å²) in [6.45, 7) is 0.231. The number of hydrogen-bond donors (Lipinski definition) is 3. The Bertz CT molecular complexity index is 362. The molecule has 0 spiro atoms. The lowest BCUT2D eigenvalue weighted by atomic mass is 9.78. The van der Waals surface area contributed by atoms with E-state index in [0.29, 0.717) is 11.8 Å². The summed E-state index contributed by atoms with van der Waals surface area (Å²) in [7, 11) is 0. The summed E-state index contributed by atoms with van der Waals surface area (Å²) >= 11 is 0. The van der Waals surface area contributed by atoms with E-state index < -0.39 is 0 Å². The maximum absolute atomic E-state index is 9.78. The van der Waals surface area contributed by atoms with Crippen molar-refractivity contribution in [3.05, 3.63) is 23.8 Å². The Balaban J connectivity index is 2.16. The van der Waals surface area contributed by atoms with Gasteiger partial charge in [-0.2, -0.15) is 0 Å². The van der Waals surface area contributed by atoms with E-state index in [1.165, 1.54) is 6.07 Å². The molecule has 0 bridgehead atoms. The number of aliphatic hydroxyl groups excluding tert-OH is 1. The molecule has 1 aliphatic carbocycles. The van der Waals surface area contributed by atoms with E-state index in [1.807, 2.05) is 0 Å². The van der Waals surface area contributed by atoms with Gasteiger partial charge in [-0.25, -0.2) is 0 Å². The van der Waals surface area contributed by atoms with Crippen molar-refractivity contribution in [3.8, 4) is 11.5 Å². The number of aliphatic hydroxyl groups is 1. The van der Waals surface area contributed by atoms with Crippen LogP contribution in [-0.2, 0) is 0 Å². The number of aromatic hydroxyl groups is 2. The second-order valence-corrected chi connectivity index (χ2v) is 4.66. The first kappa shape index (κ1) is 11.3. The van der Waals surface area contributed by atoms with Crippen molar-refractivity contribution >= 4 is 0 Å². The fourth-order valence-corrected chi connectivity index (χ4v) is 2.62. The molecule has 1 aromatic carbocycles. The smallest absolute Gasteiger partial charge is 0.122 e. The van der Waals surface area contributed by atoms with Gasteiger partial charge in [-0.3, -0.25) is 0 Å². The lowest BCUT2D eigenvalue weighted by Crippen LogP contribution is -2.17. The molecular weight excluding hydrogens is 204 g/mol. The summed E-state index contributed by atoms with van der Waals surface area (Å²) < 4.78 is 0. The van der Waals surface area contributed by atoms with Crippen LogP contribution in [0.2, 0.25) is 0 Å². The van der Waals surface area contributed by atoms with Crippen molar-refractivity contribution in [1.29, 1.82) is 0 Å². The highest BCUT2D eigenvalue weighted by Crippen LogP contribution is 2.40. The summed E-state index contributed by atoms with van der Waals surface area (Å²) in [5.74, 6) is 0.929. The van der Waals surface area contributed by atoms with Gasteiger partial charge in [-0.05, 0) is 42.7 Å². The maximum Gasteiger partial charge on any atom is 0.122 e. The van der Waals surface area contributed by atoms with Gasteiger partial charge in [0.05, 0.1) is 0 Å². The van der Waals surface area contributed by atoms with E-state index in [4.69, 9.17) is 5.11 Å². The van der Waals surface area contributed by atoms with Crippen LogP contribution in [0, 0.1) is 5.92 Å². The topological polar surface area (TPSA) is 60.7 Å². The summed E-state index contributed by atoms with van der Waals surface area (Å²) in [6.07, 6.45) is 4.14. The molecule has 0 radical (unpaired) electrons. The molecule has 16 heavy (non-hydrogen) atoms. The van der Waals surface area contributed by atoms with Gasteiger partial charge in [0.1, 0.15) is 11.5 Å². The minimum absolute atomic E-state index is 0.0933. The van der Waals surface area contributed by atoms with Crippen molar-refractivity contribution in [2.45, 2.75) is 31.6 Å². The van der Waals surface area contributed by atoms with Crippen molar-refractivity contribution < 1.29 is 15.3 Å². The van der Waals surface area contributed by atoms with Gasteiger partial charge in [-0.1, -0.05) is 12.5 Å². The van der Waals surface area contributed by atoms with Gasteiger partial charge in [0.25, 0.3) is 0 Å². The molecule has 2 atom stereocenters. The standard InChI is InChI=1S/C13H18O3/c14-8-9-2-1-3-10(6-9)12-5-4-11(15)7-13(12)16/h4-5,7,9-10,14-16H,1-3,6,8H2. The predicted octanol–water partition coefficient (Wildman–Crippen LogP) is 2.36. The molecule has 0 aromatic heterocycles. The molecule has 0 heterocycles. The largest absolute Gasteiger partial charge is 0.508 e. The predicted molar refractivity (Wildman–Crippen MR) is 61.6 cm³/mol. The van der Waals surface area contributed by atoms with Crippen LogP contribution < -0.4 is 0 Å². The molecule has 0 saturated heterocycles. The molecular formula is C13H18O3. The Hall–Kier alpha value is -1.22. The Kier molecular flexibility index (Phi) is 3.34. The second-order valence-electron chi connectivity index (χ2n) is 4.66. The normalized spacial score (nSPS) is 25.6. The van der Waals surface area contributed by atoms with Gasteiger partial charge in [0, 0.05) is 12.7 Å². The van der Waals surface area contributed by atoms with E-state index >= 15 is 0 Å². The summed E-state index contributed by atoms with van der Waals surface area (Å²) in [4.78, 5) is 0. The third kappa shape index (κ3) is 2.30. The highest BCUT2D eigenvalue weighted by Gasteiger charge is 2.24. The third-order valence-electron chi connectivity index (χ3n) is 3.49. The van der Waals surface area contributed by atoms with Crippen LogP contribution >= 0.6 is 0 Å². The number of phenols is 2. The summed E-state index contributed by atoms with van der Waals surface area (Å²) in [6, 6.07) is 4.78. The minimum Gasteiger partial charge on any atom is -0.508 e. The van der Waals surface area contributed by atoms with E-state index in [9.17, 15) is 10.2 Å². The van der Waals surface area contributed by atoms with Crippen LogP contribution in [0.3, 0.4) is 0 Å². The molecule has 2 rings (SSSR count). The van der Waals surface area contributed by atoms with Gasteiger partial charge >= 0.3 is 0 Å². The highest BCUT2D eigenvalue weighted by atomic mass is 16.3. The molecule has 3 nitrogen and oxygen atoms in total. The first-order valence-corrected chi connectivity index (χ1v) is 5.83. The minimum atomic E-state index is 0.0933. The van der Waals surface area contributed by atoms with Gasteiger partial charge in [0.2, 0.25) is 0 Å². The van der Waals surface area contributed by atoms with Crippen LogP contribution in [0.5, 0.6) is 11.5 Å². The van der Waals surface area contributed by atoms with Crippen LogP contribution in [0.25, 0.3) is 0 Å².